The maximum Gasteiger partial charge on any atom is 0.286 e. The van der Waals surface area contributed by atoms with E-state index >= 15 is 0 Å². The van der Waals surface area contributed by atoms with Gasteiger partial charge in [0.2, 0.25) is 11.6 Å². The molecule has 2 heterocycles. The molecule has 1 aliphatic heterocycles. The van der Waals surface area contributed by atoms with Crippen molar-refractivity contribution in [2.24, 2.45) is 0 Å². The summed E-state index contributed by atoms with van der Waals surface area (Å²) in [6, 6.07) is 7.54. The van der Waals surface area contributed by atoms with Gasteiger partial charge in [-0.3, -0.25) is 14.2 Å². The Labute approximate surface area is 132 Å². The van der Waals surface area contributed by atoms with Crippen molar-refractivity contribution in [2.75, 3.05) is 25.1 Å². The fourth-order valence-corrected chi connectivity index (χ4v) is 2.51. The molecule has 8 heteroatoms. The predicted octanol–water partition coefficient (Wildman–Crippen LogP) is 0.548. The van der Waals surface area contributed by atoms with Gasteiger partial charge in [-0.1, -0.05) is 0 Å². The van der Waals surface area contributed by atoms with Crippen LogP contribution in [0.25, 0.3) is 0 Å². The first-order valence-electron chi connectivity index (χ1n) is 7.35. The number of ether oxygens (including phenoxy) is 1. The van der Waals surface area contributed by atoms with Crippen molar-refractivity contribution in [2.45, 2.75) is 13.5 Å². The standard InChI is InChI=1S/C15H17N5O3/c1-3-23-11-6-4-10(5-7-11)19-8-9-20-14(22)12(13(21)16-2)17-18-15(19)20/h4-7H,3,8-9H2,1-2H3,(H,16,21). The average molecular weight is 315 g/mol. The van der Waals surface area contributed by atoms with Gasteiger partial charge < -0.3 is 15.0 Å². The zero-order chi connectivity index (χ0) is 16.4. The molecule has 0 fully saturated rings. The lowest BCUT2D eigenvalue weighted by Crippen LogP contribution is -2.33. The highest BCUT2D eigenvalue weighted by molar-refractivity contribution is 5.91. The molecule has 0 atom stereocenters. The van der Waals surface area contributed by atoms with Crippen molar-refractivity contribution in [3.05, 3.63) is 40.3 Å². The van der Waals surface area contributed by atoms with Gasteiger partial charge in [-0.25, -0.2) is 0 Å². The van der Waals surface area contributed by atoms with Crippen LogP contribution in [0.1, 0.15) is 17.4 Å². The molecule has 2 aromatic rings. The molecule has 3 rings (SSSR count). The Morgan fingerprint density at radius 1 is 1.26 bits per heavy atom. The summed E-state index contributed by atoms with van der Waals surface area (Å²) in [7, 11) is 1.45. The molecule has 0 bridgehead atoms. The highest BCUT2D eigenvalue weighted by atomic mass is 16.5. The number of aromatic nitrogens is 3. The number of anilines is 2. The average Bonchev–Trinajstić information content (AvgIpc) is 3.00. The first kappa shape index (κ1) is 15.0. The van der Waals surface area contributed by atoms with Crippen molar-refractivity contribution in [3.63, 3.8) is 0 Å². The SMILES string of the molecule is CCOc1ccc(N2CCn3c2nnc(C(=O)NC)c3=O)cc1. The van der Waals surface area contributed by atoms with Gasteiger partial charge in [0.25, 0.3) is 11.5 Å². The van der Waals surface area contributed by atoms with Crippen LogP contribution >= 0.6 is 0 Å². The molecule has 0 spiro atoms. The van der Waals surface area contributed by atoms with Gasteiger partial charge in [-0.15, -0.1) is 10.2 Å². The lowest BCUT2D eigenvalue weighted by atomic mass is 10.3. The predicted molar refractivity (Wildman–Crippen MR) is 84.3 cm³/mol. The molecule has 0 aliphatic carbocycles. The number of fused-ring (bicyclic) bond motifs is 1. The summed E-state index contributed by atoms with van der Waals surface area (Å²) >= 11 is 0. The van der Waals surface area contributed by atoms with Gasteiger partial charge in [0.05, 0.1) is 6.61 Å². The Kier molecular flexibility index (Phi) is 3.96. The monoisotopic (exact) mass is 315 g/mol. The minimum atomic E-state index is -0.530. The van der Waals surface area contributed by atoms with E-state index in [1.807, 2.05) is 36.1 Å². The van der Waals surface area contributed by atoms with Gasteiger partial charge in [0.15, 0.2) is 0 Å². The van der Waals surface area contributed by atoms with Gasteiger partial charge in [-0.2, -0.15) is 0 Å². The molecule has 1 aromatic carbocycles. The molecule has 0 unspecified atom stereocenters. The minimum absolute atomic E-state index is 0.190. The number of nitrogens with one attached hydrogen (secondary N) is 1. The number of hydrogen-bond acceptors (Lipinski definition) is 6. The maximum absolute atomic E-state index is 12.3. The Bertz CT molecular complexity index is 785. The number of hydrogen-bond donors (Lipinski definition) is 1. The van der Waals surface area contributed by atoms with Gasteiger partial charge in [-0.05, 0) is 31.2 Å². The molecule has 1 aromatic heterocycles. The molecule has 1 aliphatic rings. The third-order valence-corrected chi connectivity index (χ3v) is 3.62. The number of carbonyl (C=O) groups is 1. The van der Waals surface area contributed by atoms with E-state index in [0.717, 1.165) is 11.4 Å². The molecule has 0 saturated carbocycles. The fourth-order valence-electron chi connectivity index (χ4n) is 2.51. The smallest absolute Gasteiger partial charge is 0.286 e. The summed E-state index contributed by atoms with van der Waals surface area (Å²) in [5.74, 6) is 0.693. The number of nitrogens with zero attached hydrogens (tertiary/aromatic N) is 4. The van der Waals surface area contributed by atoms with Gasteiger partial charge >= 0.3 is 0 Å². The van der Waals surface area contributed by atoms with E-state index < -0.39 is 11.5 Å². The lowest BCUT2D eigenvalue weighted by Gasteiger charge is -2.17. The van der Waals surface area contributed by atoms with Gasteiger partial charge in [0.1, 0.15) is 5.75 Å². The topological polar surface area (TPSA) is 89.3 Å². The van der Waals surface area contributed by atoms with Crippen LogP contribution < -0.4 is 20.5 Å². The largest absolute Gasteiger partial charge is 0.494 e. The van der Waals surface area contributed by atoms with Crippen LogP contribution in [0.5, 0.6) is 5.75 Å². The van der Waals surface area contributed by atoms with Crippen LogP contribution in [-0.2, 0) is 6.54 Å². The molecule has 23 heavy (non-hydrogen) atoms. The summed E-state index contributed by atoms with van der Waals surface area (Å²) < 4.78 is 6.89. The summed E-state index contributed by atoms with van der Waals surface area (Å²) in [6.07, 6.45) is 0. The van der Waals surface area contributed by atoms with E-state index in [1.165, 1.54) is 11.6 Å². The van der Waals surface area contributed by atoms with Crippen LogP contribution in [0, 0.1) is 0 Å². The second-order valence-corrected chi connectivity index (χ2v) is 4.96. The first-order chi connectivity index (χ1) is 11.2. The highest BCUT2D eigenvalue weighted by Gasteiger charge is 2.26. The van der Waals surface area contributed by atoms with E-state index in [9.17, 15) is 9.59 Å². The van der Waals surface area contributed by atoms with Crippen LogP contribution in [-0.4, -0.2) is 40.9 Å². The summed E-state index contributed by atoms with van der Waals surface area (Å²) in [5, 5.41) is 10.2. The molecule has 1 N–H and O–H groups in total. The van der Waals surface area contributed by atoms with E-state index in [1.54, 1.807) is 0 Å². The van der Waals surface area contributed by atoms with Crippen LogP contribution in [0.2, 0.25) is 0 Å². The maximum atomic E-state index is 12.3. The first-order valence-corrected chi connectivity index (χ1v) is 7.35. The van der Waals surface area contributed by atoms with Crippen LogP contribution in [0.4, 0.5) is 11.6 Å². The molecular weight excluding hydrogens is 298 g/mol. The second-order valence-electron chi connectivity index (χ2n) is 4.96. The lowest BCUT2D eigenvalue weighted by molar-refractivity contribution is 0.0954. The second kappa shape index (κ2) is 6.07. The van der Waals surface area contributed by atoms with E-state index in [4.69, 9.17) is 4.74 Å². The number of benzene rings is 1. The van der Waals surface area contributed by atoms with Crippen molar-refractivity contribution in [1.29, 1.82) is 0 Å². The van der Waals surface area contributed by atoms with Crippen LogP contribution in [0.3, 0.4) is 0 Å². The summed E-state index contributed by atoms with van der Waals surface area (Å²) in [4.78, 5) is 25.8. The van der Waals surface area contributed by atoms with Crippen molar-refractivity contribution in [3.8, 4) is 5.75 Å². The van der Waals surface area contributed by atoms with E-state index in [2.05, 4.69) is 15.5 Å². The Hall–Kier alpha value is -2.90. The van der Waals surface area contributed by atoms with E-state index in [-0.39, 0.29) is 5.69 Å². The zero-order valence-electron chi connectivity index (χ0n) is 12.9. The number of amides is 1. The summed E-state index contributed by atoms with van der Waals surface area (Å²) in [5.41, 5.74) is 0.272. The zero-order valence-corrected chi connectivity index (χ0v) is 12.9. The van der Waals surface area contributed by atoms with Crippen molar-refractivity contribution < 1.29 is 9.53 Å². The molecule has 8 nitrogen and oxygen atoms in total. The Balaban J connectivity index is 1.94. The Morgan fingerprint density at radius 2 is 2.00 bits per heavy atom. The quantitative estimate of drug-likeness (QED) is 0.886. The fraction of sp³-hybridized carbons (Fsp3) is 0.333. The molecular formula is C15H17N5O3. The molecule has 1 amide bonds. The van der Waals surface area contributed by atoms with E-state index in [0.29, 0.717) is 25.6 Å². The third-order valence-electron chi connectivity index (χ3n) is 3.62. The molecule has 120 valence electrons. The minimum Gasteiger partial charge on any atom is -0.494 e. The number of rotatable bonds is 4. The molecule has 0 saturated heterocycles. The third kappa shape index (κ3) is 2.63. The number of carbonyl (C=O) groups excluding carboxylic acids is 1. The van der Waals surface area contributed by atoms with Crippen molar-refractivity contribution in [1.82, 2.24) is 20.1 Å². The highest BCUT2D eigenvalue weighted by Crippen LogP contribution is 2.28. The van der Waals surface area contributed by atoms with Crippen molar-refractivity contribution >= 4 is 17.5 Å². The normalized spacial score (nSPS) is 12.9. The Morgan fingerprint density at radius 3 is 2.65 bits per heavy atom. The molecule has 0 radical (unpaired) electrons. The van der Waals surface area contributed by atoms with Gasteiger partial charge in [0, 0.05) is 25.8 Å². The van der Waals surface area contributed by atoms with Crippen LogP contribution in [0.15, 0.2) is 29.1 Å². The summed E-state index contributed by atoms with van der Waals surface area (Å²) in [6.45, 7) is 3.59.